The molecule has 7 rings (SSSR count). The maximum Gasteiger partial charge on any atom is 0.263 e. The van der Waals surface area contributed by atoms with Gasteiger partial charge in [-0.1, -0.05) is 12.2 Å². The first-order chi connectivity index (χ1) is 18.9. The van der Waals surface area contributed by atoms with Crippen molar-refractivity contribution in [3.05, 3.63) is 58.2 Å². The van der Waals surface area contributed by atoms with E-state index in [0.29, 0.717) is 53.3 Å². The molecule has 0 unspecified atom stereocenters. The van der Waals surface area contributed by atoms with Crippen LogP contribution in [-0.2, 0) is 4.79 Å². The third-order valence-electron chi connectivity index (χ3n) is 8.97. The minimum atomic E-state index is -0.282. The number of carbonyl (C=O) groups excluding carboxylic acids is 2. The molecule has 3 aromatic heterocycles. The second-order valence-electron chi connectivity index (χ2n) is 11.3. The lowest BCUT2D eigenvalue weighted by atomic mass is 9.83. The van der Waals surface area contributed by atoms with Crippen LogP contribution in [0.1, 0.15) is 61.0 Å². The van der Waals surface area contributed by atoms with Crippen molar-refractivity contribution in [1.82, 2.24) is 24.8 Å². The summed E-state index contributed by atoms with van der Waals surface area (Å²) in [6, 6.07) is 4.25. The fraction of sp³-hybridized carbons (Fsp3) is 0.448. The van der Waals surface area contributed by atoms with E-state index in [1.807, 2.05) is 17.0 Å². The van der Waals surface area contributed by atoms with E-state index in [2.05, 4.69) is 32.8 Å². The fourth-order valence-corrected chi connectivity index (χ4v) is 6.91. The van der Waals surface area contributed by atoms with E-state index in [4.69, 9.17) is 4.98 Å². The lowest BCUT2D eigenvalue weighted by molar-refractivity contribution is -0.118. The Kier molecular flexibility index (Phi) is 5.62. The van der Waals surface area contributed by atoms with Gasteiger partial charge in [-0.25, -0.2) is 9.97 Å². The van der Waals surface area contributed by atoms with Gasteiger partial charge in [-0.15, -0.1) is 0 Å². The fourth-order valence-electron chi connectivity index (χ4n) is 6.91. The summed E-state index contributed by atoms with van der Waals surface area (Å²) in [7, 11) is 0. The Labute approximate surface area is 225 Å². The maximum atomic E-state index is 13.7. The SMILES string of the molecule is CC(=O)c1c(C)c2cnc(Nc3ccc(N4C[C@H]5CC[C@@H](CC4=O)N5)cn3)nc2n([C@H]2CC[C@H]3C=C[C@H]32)c1=O. The number of amides is 1. The highest BCUT2D eigenvalue weighted by atomic mass is 16.2. The average Bonchev–Trinajstić information content (AvgIpc) is 3.39. The van der Waals surface area contributed by atoms with Gasteiger partial charge in [0.1, 0.15) is 11.5 Å². The van der Waals surface area contributed by atoms with Crippen molar-refractivity contribution in [1.29, 1.82) is 0 Å². The quantitative estimate of drug-likeness (QED) is 0.384. The molecule has 10 nitrogen and oxygen atoms in total. The Hall–Kier alpha value is -3.92. The Morgan fingerprint density at radius 3 is 2.62 bits per heavy atom. The number of nitrogens with zero attached hydrogens (tertiary/aromatic N) is 5. The number of hydrogen-bond donors (Lipinski definition) is 2. The molecule has 3 aromatic rings. The standard InChI is InChI=1S/C29H31N7O3/c1-15-22-13-31-29(33-24-10-7-20(12-30-24)35-14-19-6-5-18(32-19)11-25(35)38)34-27(22)36(28(39)26(15)16(2)37)23-9-4-17-3-8-21(17)23/h3,7-8,10,12-13,17-19,21,23,32H,4-6,9,11,14H2,1-2H3,(H,30,31,33,34)/t17-,18+,19-,21-,23+/m1/s1. The number of anilines is 3. The number of pyridine rings is 2. The molecule has 2 N–H and O–H groups in total. The molecule has 5 atom stereocenters. The normalized spacial score (nSPS) is 27.4. The topological polar surface area (TPSA) is 122 Å². The Balaban J connectivity index is 1.22. The summed E-state index contributed by atoms with van der Waals surface area (Å²) in [6.45, 7) is 3.87. The lowest BCUT2D eigenvalue weighted by Crippen LogP contribution is -2.37. The zero-order valence-electron chi connectivity index (χ0n) is 22.1. The van der Waals surface area contributed by atoms with Gasteiger partial charge in [-0.3, -0.25) is 19.0 Å². The first-order valence-corrected chi connectivity index (χ1v) is 13.8. The lowest BCUT2D eigenvalue weighted by Gasteiger charge is -2.29. The number of ketones is 1. The Morgan fingerprint density at radius 2 is 1.90 bits per heavy atom. The molecule has 4 aliphatic rings. The average molecular weight is 526 g/mol. The predicted octanol–water partition coefficient (Wildman–Crippen LogP) is 3.44. The number of hydrogen-bond acceptors (Lipinski definition) is 8. The summed E-state index contributed by atoms with van der Waals surface area (Å²) in [5.74, 6) is 1.48. The van der Waals surface area contributed by atoms with Crippen LogP contribution >= 0.6 is 0 Å². The van der Waals surface area contributed by atoms with E-state index < -0.39 is 0 Å². The van der Waals surface area contributed by atoms with E-state index in [9.17, 15) is 14.4 Å². The minimum absolute atomic E-state index is 0.0372. The number of nitrogens with one attached hydrogen (secondary N) is 2. The van der Waals surface area contributed by atoms with Gasteiger partial charge >= 0.3 is 0 Å². The molecular formula is C29H31N7O3. The number of aryl methyl sites for hydroxylation is 1. The second kappa shape index (κ2) is 9.08. The number of carbonyl (C=O) groups is 2. The van der Waals surface area contributed by atoms with Gasteiger partial charge < -0.3 is 15.5 Å². The molecule has 1 amide bonds. The van der Waals surface area contributed by atoms with Crippen molar-refractivity contribution in [2.24, 2.45) is 11.8 Å². The van der Waals surface area contributed by atoms with Gasteiger partial charge in [0.05, 0.1) is 17.4 Å². The Morgan fingerprint density at radius 1 is 1.05 bits per heavy atom. The molecule has 2 aliphatic heterocycles. The van der Waals surface area contributed by atoms with E-state index in [-0.39, 0.29) is 40.8 Å². The first-order valence-electron chi connectivity index (χ1n) is 13.8. The van der Waals surface area contributed by atoms with Crippen LogP contribution in [0.5, 0.6) is 0 Å². The Bertz CT molecular complexity index is 1600. The highest BCUT2D eigenvalue weighted by Gasteiger charge is 2.40. The van der Waals surface area contributed by atoms with Crippen LogP contribution in [0.4, 0.5) is 17.5 Å². The first kappa shape index (κ1) is 24.1. The van der Waals surface area contributed by atoms with Crippen molar-refractivity contribution >= 4 is 40.2 Å². The number of rotatable bonds is 5. The molecule has 39 heavy (non-hydrogen) atoms. The molecule has 10 heteroatoms. The summed E-state index contributed by atoms with van der Waals surface area (Å²) in [6.07, 6.45) is 12.3. The highest BCUT2D eigenvalue weighted by Crippen LogP contribution is 2.47. The van der Waals surface area contributed by atoms with Gasteiger partial charge in [0.2, 0.25) is 11.9 Å². The molecule has 1 saturated carbocycles. The van der Waals surface area contributed by atoms with Gasteiger partial charge in [-0.05, 0) is 63.1 Å². The molecule has 200 valence electrons. The summed E-state index contributed by atoms with van der Waals surface area (Å²) in [5, 5.41) is 7.39. The van der Waals surface area contributed by atoms with Crippen molar-refractivity contribution in [2.75, 3.05) is 16.8 Å². The van der Waals surface area contributed by atoms with Gasteiger partial charge in [0.15, 0.2) is 5.78 Å². The number of aromatic nitrogens is 4. The van der Waals surface area contributed by atoms with Crippen LogP contribution in [-0.4, -0.2) is 49.8 Å². The highest BCUT2D eigenvalue weighted by molar-refractivity contribution is 5.99. The zero-order chi connectivity index (χ0) is 26.8. The van der Waals surface area contributed by atoms with E-state index in [0.717, 1.165) is 31.4 Å². The van der Waals surface area contributed by atoms with Crippen molar-refractivity contribution in [3.63, 3.8) is 0 Å². The van der Waals surface area contributed by atoms with Crippen LogP contribution in [0, 0.1) is 18.8 Å². The molecule has 0 spiro atoms. The maximum absolute atomic E-state index is 13.7. The van der Waals surface area contributed by atoms with E-state index in [1.165, 1.54) is 6.92 Å². The summed E-state index contributed by atoms with van der Waals surface area (Å²) >= 11 is 0. The minimum Gasteiger partial charge on any atom is -0.309 e. The third kappa shape index (κ3) is 3.96. The predicted molar refractivity (Wildman–Crippen MR) is 147 cm³/mol. The van der Waals surface area contributed by atoms with Crippen LogP contribution in [0.15, 0.2) is 41.5 Å². The number of allylic oxidation sites excluding steroid dienone is 2. The largest absolute Gasteiger partial charge is 0.309 e. The van der Waals surface area contributed by atoms with Crippen LogP contribution in [0.25, 0.3) is 11.0 Å². The molecule has 3 fully saturated rings. The molecule has 2 bridgehead atoms. The van der Waals surface area contributed by atoms with E-state index in [1.54, 1.807) is 23.9 Å². The van der Waals surface area contributed by atoms with E-state index >= 15 is 0 Å². The number of Topliss-reactive ketones (excluding diaryl/α,β-unsaturated/α-hetero) is 1. The molecule has 5 heterocycles. The second-order valence-corrected chi connectivity index (χ2v) is 11.3. The molecule has 0 radical (unpaired) electrons. The van der Waals surface area contributed by atoms with Crippen molar-refractivity contribution < 1.29 is 9.59 Å². The molecular weight excluding hydrogens is 494 g/mol. The van der Waals surface area contributed by atoms with Crippen molar-refractivity contribution in [2.45, 2.75) is 64.1 Å². The third-order valence-corrected chi connectivity index (χ3v) is 8.97. The van der Waals surface area contributed by atoms with Crippen LogP contribution < -0.4 is 21.1 Å². The van der Waals surface area contributed by atoms with Gasteiger partial charge in [-0.2, -0.15) is 4.98 Å². The van der Waals surface area contributed by atoms with Crippen LogP contribution in [0.3, 0.4) is 0 Å². The monoisotopic (exact) mass is 525 g/mol. The van der Waals surface area contributed by atoms with Crippen LogP contribution in [0.2, 0.25) is 0 Å². The molecule has 0 aromatic carbocycles. The van der Waals surface area contributed by atoms with Gasteiger partial charge in [0, 0.05) is 48.6 Å². The number of fused-ring (bicyclic) bond motifs is 4. The summed E-state index contributed by atoms with van der Waals surface area (Å²) in [4.78, 5) is 54.5. The van der Waals surface area contributed by atoms with Gasteiger partial charge in [0.25, 0.3) is 5.56 Å². The van der Waals surface area contributed by atoms with Crippen molar-refractivity contribution in [3.8, 4) is 0 Å². The summed E-state index contributed by atoms with van der Waals surface area (Å²) < 4.78 is 1.73. The molecule has 2 aliphatic carbocycles. The zero-order valence-corrected chi connectivity index (χ0v) is 22.1. The molecule has 2 saturated heterocycles. The summed E-state index contributed by atoms with van der Waals surface area (Å²) in [5.41, 5.74) is 1.83. The smallest absolute Gasteiger partial charge is 0.263 e.